The molecule has 1 N–H and O–H groups in total. The molecule has 23 heavy (non-hydrogen) atoms. The molecule has 1 saturated heterocycles. The fourth-order valence-corrected chi connectivity index (χ4v) is 3.02. The van der Waals surface area contributed by atoms with E-state index in [4.69, 9.17) is 4.74 Å². The minimum Gasteiger partial charge on any atom is -0.493 e. The number of rotatable bonds is 3. The normalized spacial score (nSPS) is 18.5. The Morgan fingerprint density at radius 1 is 1.26 bits per heavy atom. The highest BCUT2D eigenvalue weighted by molar-refractivity contribution is 5.89. The van der Waals surface area contributed by atoms with E-state index in [0.29, 0.717) is 39.2 Å². The van der Waals surface area contributed by atoms with Crippen molar-refractivity contribution < 1.29 is 18.3 Å². The van der Waals surface area contributed by atoms with Crippen LogP contribution in [0.5, 0.6) is 5.75 Å². The first-order valence-electron chi connectivity index (χ1n) is 7.94. The summed E-state index contributed by atoms with van der Waals surface area (Å²) in [4.78, 5) is 15.8. The summed E-state index contributed by atoms with van der Waals surface area (Å²) < 4.78 is 30.4. The van der Waals surface area contributed by atoms with Crippen LogP contribution in [0.4, 0.5) is 19.3 Å². The van der Waals surface area contributed by atoms with Crippen molar-refractivity contribution >= 4 is 11.7 Å². The third-order valence-electron chi connectivity index (χ3n) is 4.21. The molecule has 0 spiro atoms. The number of carbonyl (C=O) groups excluding carboxylic acids is 1. The molecule has 2 amide bonds. The van der Waals surface area contributed by atoms with Gasteiger partial charge >= 0.3 is 6.03 Å². The molecule has 1 fully saturated rings. The Labute approximate surface area is 134 Å². The van der Waals surface area contributed by atoms with Gasteiger partial charge in [-0.05, 0) is 30.2 Å². The maximum atomic E-state index is 12.5. The molecule has 2 aliphatic heterocycles. The Bertz CT molecular complexity index is 568. The second kappa shape index (κ2) is 7.12. The van der Waals surface area contributed by atoms with Crippen molar-refractivity contribution in [2.45, 2.75) is 19.3 Å². The molecule has 0 aliphatic carbocycles. The van der Waals surface area contributed by atoms with Gasteiger partial charge in [0.2, 0.25) is 0 Å². The van der Waals surface area contributed by atoms with Crippen LogP contribution in [0.3, 0.4) is 0 Å². The lowest BCUT2D eigenvalue weighted by molar-refractivity contribution is 0.0905. The molecule has 3 rings (SSSR count). The number of urea groups is 1. The van der Waals surface area contributed by atoms with Crippen molar-refractivity contribution in [3.8, 4) is 5.75 Å². The topological polar surface area (TPSA) is 44.8 Å². The van der Waals surface area contributed by atoms with Gasteiger partial charge in [-0.25, -0.2) is 13.6 Å². The van der Waals surface area contributed by atoms with Crippen molar-refractivity contribution in [1.82, 2.24) is 9.80 Å². The smallest absolute Gasteiger partial charge is 0.321 e. The van der Waals surface area contributed by atoms with Crippen molar-refractivity contribution in [3.63, 3.8) is 0 Å². The summed E-state index contributed by atoms with van der Waals surface area (Å²) in [5.41, 5.74) is 1.84. The molecule has 1 aromatic rings. The lowest BCUT2D eigenvalue weighted by Gasteiger charge is -2.22. The first-order chi connectivity index (χ1) is 11.1. The van der Waals surface area contributed by atoms with E-state index in [0.717, 1.165) is 23.4 Å². The quantitative estimate of drug-likeness (QED) is 0.928. The monoisotopic (exact) mass is 325 g/mol. The number of carbonyl (C=O) groups is 1. The Kier molecular flexibility index (Phi) is 4.95. The zero-order valence-corrected chi connectivity index (χ0v) is 12.9. The fraction of sp³-hybridized carbons (Fsp3) is 0.562. The molecule has 2 heterocycles. The highest BCUT2D eigenvalue weighted by atomic mass is 19.3. The highest BCUT2D eigenvalue weighted by Gasteiger charge is 2.21. The molecule has 5 nitrogen and oxygen atoms in total. The summed E-state index contributed by atoms with van der Waals surface area (Å²) in [6, 6.07) is 5.44. The van der Waals surface area contributed by atoms with Crippen molar-refractivity contribution in [1.29, 1.82) is 0 Å². The van der Waals surface area contributed by atoms with Gasteiger partial charge in [-0.3, -0.25) is 4.90 Å². The van der Waals surface area contributed by atoms with Crippen LogP contribution in [0.15, 0.2) is 18.2 Å². The lowest BCUT2D eigenvalue weighted by atomic mass is 10.1. The largest absolute Gasteiger partial charge is 0.493 e. The molecular weight excluding hydrogens is 304 g/mol. The van der Waals surface area contributed by atoms with Crippen LogP contribution in [-0.2, 0) is 6.42 Å². The third kappa shape index (κ3) is 4.10. The molecule has 0 atom stereocenters. The van der Waals surface area contributed by atoms with Crippen LogP contribution in [0, 0.1) is 0 Å². The van der Waals surface area contributed by atoms with E-state index in [1.165, 1.54) is 0 Å². The molecule has 126 valence electrons. The van der Waals surface area contributed by atoms with Crippen molar-refractivity contribution in [3.05, 3.63) is 23.8 Å². The van der Waals surface area contributed by atoms with Crippen molar-refractivity contribution in [2.24, 2.45) is 0 Å². The Morgan fingerprint density at radius 2 is 2.13 bits per heavy atom. The Morgan fingerprint density at radius 3 is 2.96 bits per heavy atom. The van der Waals surface area contributed by atoms with Crippen LogP contribution in [0.25, 0.3) is 0 Å². The highest BCUT2D eigenvalue weighted by Crippen LogP contribution is 2.28. The number of nitrogens with zero attached hydrogens (tertiary/aromatic N) is 2. The molecule has 2 aliphatic rings. The maximum Gasteiger partial charge on any atom is 0.321 e. The fourth-order valence-electron chi connectivity index (χ4n) is 3.02. The second-order valence-electron chi connectivity index (χ2n) is 5.88. The number of hydrogen-bond acceptors (Lipinski definition) is 3. The first-order valence-corrected chi connectivity index (χ1v) is 7.94. The standard InChI is InChI=1S/C16H21F2N3O2/c17-15(18)11-20-5-1-6-21(8-7-20)16(22)19-13-2-3-14-12(10-13)4-9-23-14/h2-3,10,15H,1,4-9,11H2,(H,19,22). The second-order valence-corrected chi connectivity index (χ2v) is 5.88. The first kappa shape index (κ1) is 16.0. The molecule has 7 heteroatoms. The van der Waals surface area contributed by atoms with E-state index in [1.54, 1.807) is 9.80 Å². The summed E-state index contributed by atoms with van der Waals surface area (Å²) in [6.07, 6.45) is -0.771. The van der Waals surface area contributed by atoms with Gasteiger partial charge in [0.05, 0.1) is 13.2 Å². The van der Waals surface area contributed by atoms with Crippen LogP contribution < -0.4 is 10.1 Å². The SMILES string of the molecule is O=C(Nc1ccc2c(c1)CCO2)N1CCCN(CC(F)F)CC1. The number of fused-ring (bicyclic) bond motifs is 1. The minimum absolute atomic E-state index is 0.178. The summed E-state index contributed by atoms with van der Waals surface area (Å²) >= 11 is 0. The molecule has 0 bridgehead atoms. The van der Waals surface area contributed by atoms with E-state index < -0.39 is 6.43 Å². The number of nitrogens with one attached hydrogen (secondary N) is 1. The van der Waals surface area contributed by atoms with E-state index >= 15 is 0 Å². The van der Waals surface area contributed by atoms with Gasteiger partial charge in [0.25, 0.3) is 6.43 Å². The maximum absolute atomic E-state index is 12.5. The number of anilines is 1. The zero-order chi connectivity index (χ0) is 16.2. The lowest BCUT2D eigenvalue weighted by Crippen LogP contribution is -2.38. The van der Waals surface area contributed by atoms with Gasteiger partial charge in [0.15, 0.2) is 0 Å². The average Bonchev–Trinajstić information content (AvgIpc) is 2.85. The molecule has 0 unspecified atom stereocenters. The number of benzene rings is 1. The molecule has 0 radical (unpaired) electrons. The summed E-state index contributed by atoms with van der Waals surface area (Å²) in [5.74, 6) is 0.875. The van der Waals surface area contributed by atoms with Gasteiger partial charge in [0, 0.05) is 38.3 Å². The number of amides is 2. The van der Waals surface area contributed by atoms with Crippen LogP contribution >= 0.6 is 0 Å². The molecule has 0 aromatic heterocycles. The summed E-state index contributed by atoms with van der Waals surface area (Å²) in [5, 5.41) is 2.89. The number of ether oxygens (including phenoxy) is 1. The van der Waals surface area contributed by atoms with Crippen LogP contribution in [0.2, 0.25) is 0 Å². The minimum atomic E-state index is -2.33. The Hall–Kier alpha value is -1.89. The summed E-state index contributed by atoms with van der Waals surface area (Å²) in [6.45, 7) is 2.59. The number of alkyl halides is 2. The predicted octanol–water partition coefficient (Wildman–Crippen LogP) is 2.43. The van der Waals surface area contributed by atoms with E-state index in [1.807, 2.05) is 18.2 Å². The van der Waals surface area contributed by atoms with Crippen molar-refractivity contribution in [2.75, 3.05) is 44.6 Å². The van der Waals surface area contributed by atoms with E-state index in [9.17, 15) is 13.6 Å². The predicted molar refractivity (Wildman–Crippen MR) is 83.3 cm³/mol. The van der Waals surface area contributed by atoms with Gasteiger partial charge in [-0.15, -0.1) is 0 Å². The molecule has 1 aromatic carbocycles. The average molecular weight is 325 g/mol. The van der Waals surface area contributed by atoms with Gasteiger partial charge in [0.1, 0.15) is 5.75 Å². The zero-order valence-electron chi connectivity index (χ0n) is 12.9. The third-order valence-corrected chi connectivity index (χ3v) is 4.21. The molecular formula is C16H21F2N3O2. The summed E-state index contributed by atoms with van der Waals surface area (Å²) in [7, 11) is 0. The van der Waals surface area contributed by atoms with E-state index in [2.05, 4.69) is 5.32 Å². The number of hydrogen-bond donors (Lipinski definition) is 1. The van der Waals surface area contributed by atoms with Crippen LogP contribution in [0.1, 0.15) is 12.0 Å². The van der Waals surface area contributed by atoms with E-state index in [-0.39, 0.29) is 12.6 Å². The molecule has 0 saturated carbocycles. The van der Waals surface area contributed by atoms with Gasteiger partial charge < -0.3 is 15.0 Å². The number of halogens is 2. The Balaban J connectivity index is 1.56. The van der Waals surface area contributed by atoms with Gasteiger partial charge in [-0.1, -0.05) is 0 Å². The van der Waals surface area contributed by atoms with Crippen LogP contribution in [-0.4, -0.2) is 61.6 Å². The van der Waals surface area contributed by atoms with Gasteiger partial charge in [-0.2, -0.15) is 0 Å².